The predicted molar refractivity (Wildman–Crippen MR) is 57.8 cm³/mol. The van der Waals surface area contributed by atoms with Gasteiger partial charge in [0, 0.05) is 17.5 Å². The van der Waals surface area contributed by atoms with Crippen LogP contribution < -0.4 is 0 Å². The van der Waals surface area contributed by atoms with E-state index in [-0.39, 0.29) is 24.1 Å². The summed E-state index contributed by atoms with van der Waals surface area (Å²) in [5.41, 5.74) is 0.699. The highest BCUT2D eigenvalue weighted by Crippen LogP contribution is 2.30. The topological polar surface area (TPSA) is 63.4 Å². The van der Waals surface area contributed by atoms with Gasteiger partial charge in [0.15, 0.2) is 0 Å². The lowest BCUT2D eigenvalue weighted by atomic mass is 9.88. The first-order chi connectivity index (χ1) is 7.07. The molecule has 0 heterocycles. The van der Waals surface area contributed by atoms with E-state index in [0.29, 0.717) is 5.56 Å². The molecule has 0 fully saturated rings. The van der Waals surface area contributed by atoms with Crippen molar-refractivity contribution in [3.8, 4) is 0 Å². The van der Waals surface area contributed by atoms with Crippen LogP contribution in [-0.2, 0) is 0 Å². The van der Waals surface area contributed by atoms with Gasteiger partial charge in [-0.2, -0.15) is 0 Å². The molecule has 0 aromatic heterocycles. The minimum absolute atomic E-state index is 0.0669. The van der Waals surface area contributed by atoms with E-state index in [1.54, 1.807) is 18.2 Å². The summed E-state index contributed by atoms with van der Waals surface area (Å²) in [6.45, 7) is 3.82. The Kier molecular flexibility index (Phi) is 3.80. The molecule has 0 saturated carbocycles. The number of rotatable bonds is 4. The van der Waals surface area contributed by atoms with Crippen LogP contribution in [0.25, 0.3) is 0 Å². The second kappa shape index (κ2) is 4.89. The summed E-state index contributed by atoms with van der Waals surface area (Å²) >= 11 is 0. The largest absolute Gasteiger partial charge is 0.396 e. The van der Waals surface area contributed by atoms with Crippen molar-refractivity contribution in [1.29, 1.82) is 0 Å². The van der Waals surface area contributed by atoms with Crippen LogP contribution in [0.5, 0.6) is 0 Å². The molecule has 0 aliphatic carbocycles. The maximum atomic E-state index is 10.8. The van der Waals surface area contributed by atoms with Crippen molar-refractivity contribution in [3.05, 3.63) is 39.9 Å². The number of nitrogens with zero attached hydrogens (tertiary/aromatic N) is 1. The molecular formula is C11H15NO3. The molecule has 1 atom stereocenters. The molecule has 1 rings (SSSR count). The van der Waals surface area contributed by atoms with Crippen LogP contribution in [0.1, 0.15) is 25.3 Å². The normalized spacial score (nSPS) is 12.8. The molecule has 0 aliphatic heterocycles. The molecule has 1 unspecified atom stereocenters. The number of nitro groups is 1. The van der Waals surface area contributed by atoms with Crippen LogP contribution in [0.2, 0.25) is 0 Å². The summed E-state index contributed by atoms with van der Waals surface area (Å²) in [5, 5.41) is 20.0. The lowest BCUT2D eigenvalue weighted by Crippen LogP contribution is -2.13. The highest BCUT2D eigenvalue weighted by atomic mass is 16.6. The van der Waals surface area contributed by atoms with E-state index < -0.39 is 4.92 Å². The van der Waals surface area contributed by atoms with Crippen molar-refractivity contribution in [2.45, 2.75) is 19.8 Å². The number of aliphatic hydroxyl groups excluding tert-OH is 1. The van der Waals surface area contributed by atoms with Gasteiger partial charge >= 0.3 is 0 Å². The summed E-state index contributed by atoms with van der Waals surface area (Å²) in [7, 11) is 0. The number of hydrogen-bond acceptors (Lipinski definition) is 3. The van der Waals surface area contributed by atoms with E-state index >= 15 is 0 Å². The van der Waals surface area contributed by atoms with Gasteiger partial charge in [-0.3, -0.25) is 10.1 Å². The molecular weight excluding hydrogens is 194 g/mol. The van der Waals surface area contributed by atoms with Gasteiger partial charge in [-0.25, -0.2) is 0 Å². The molecule has 0 aliphatic rings. The van der Waals surface area contributed by atoms with E-state index in [2.05, 4.69) is 0 Å². The molecule has 0 radical (unpaired) electrons. The lowest BCUT2D eigenvalue weighted by Gasteiger charge is -2.18. The highest BCUT2D eigenvalue weighted by molar-refractivity contribution is 5.42. The SMILES string of the molecule is CC(C)C(CO)c1ccccc1[N+](=O)[O-]. The van der Waals surface area contributed by atoms with E-state index in [1.165, 1.54) is 6.07 Å². The maximum absolute atomic E-state index is 10.8. The van der Waals surface area contributed by atoms with E-state index in [4.69, 9.17) is 0 Å². The van der Waals surface area contributed by atoms with E-state index in [9.17, 15) is 15.2 Å². The van der Waals surface area contributed by atoms with Gasteiger partial charge in [-0.15, -0.1) is 0 Å². The average Bonchev–Trinajstić information content (AvgIpc) is 2.18. The molecule has 0 saturated heterocycles. The zero-order chi connectivity index (χ0) is 11.4. The Morgan fingerprint density at radius 1 is 1.40 bits per heavy atom. The minimum Gasteiger partial charge on any atom is -0.396 e. The zero-order valence-electron chi connectivity index (χ0n) is 8.88. The van der Waals surface area contributed by atoms with Gasteiger partial charge in [0.2, 0.25) is 0 Å². The summed E-state index contributed by atoms with van der Waals surface area (Å²) in [4.78, 5) is 10.4. The first-order valence-corrected chi connectivity index (χ1v) is 4.92. The van der Waals surface area contributed by atoms with Crippen molar-refractivity contribution >= 4 is 5.69 Å². The Hall–Kier alpha value is -1.42. The van der Waals surface area contributed by atoms with Gasteiger partial charge in [0.1, 0.15) is 0 Å². The van der Waals surface area contributed by atoms with Gasteiger partial charge in [0.05, 0.1) is 11.5 Å². The number of nitro benzene ring substituents is 1. The second-order valence-electron chi connectivity index (χ2n) is 3.85. The molecule has 1 aromatic carbocycles. The average molecular weight is 209 g/mol. The summed E-state index contributed by atoms with van der Waals surface area (Å²) in [6, 6.07) is 6.57. The van der Waals surface area contributed by atoms with Gasteiger partial charge in [-0.1, -0.05) is 32.0 Å². The van der Waals surface area contributed by atoms with Gasteiger partial charge in [-0.05, 0) is 5.92 Å². The number of para-hydroxylation sites is 1. The third-order valence-electron chi connectivity index (χ3n) is 2.53. The fraction of sp³-hybridized carbons (Fsp3) is 0.455. The van der Waals surface area contributed by atoms with Crippen LogP contribution >= 0.6 is 0 Å². The quantitative estimate of drug-likeness (QED) is 0.611. The van der Waals surface area contributed by atoms with Gasteiger partial charge in [0.25, 0.3) is 5.69 Å². The number of benzene rings is 1. The fourth-order valence-electron chi connectivity index (χ4n) is 1.64. The summed E-state index contributed by atoms with van der Waals surface area (Å²) in [6.07, 6.45) is 0. The van der Waals surface area contributed by atoms with Crippen molar-refractivity contribution < 1.29 is 10.0 Å². The molecule has 15 heavy (non-hydrogen) atoms. The molecule has 0 amide bonds. The smallest absolute Gasteiger partial charge is 0.272 e. The Balaban J connectivity index is 3.16. The molecule has 82 valence electrons. The Bertz CT molecular complexity index is 349. The standard InChI is InChI=1S/C11H15NO3/c1-8(2)10(7-13)9-5-3-4-6-11(9)12(14)15/h3-6,8,10,13H,7H2,1-2H3. The molecule has 4 heteroatoms. The lowest BCUT2D eigenvalue weighted by molar-refractivity contribution is -0.385. The molecule has 4 nitrogen and oxygen atoms in total. The third kappa shape index (κ3) is 2.53. The third-order valence-corrected chi connectivity index (χ3v) is 2.53. The second-order valence-corrected chi connectivity index (χ2v) is 3.85. The van der Waals surface area contributed by atoms with E-state index in [0.717, 1.165) is 0 Å². The molecule has 1 aromatic rings. The van der Waals surface area contributed by atoms with Crippen LogP contribution in [0.15, 0.2) is 24.3 Å². The summed E-state index contributed by atoms with van der Waals surface area (Å²) in [5.74, 6) is 0.00250. The van der Waals surface area contributed by atoms with Crippen LogP contribution in [0.3, 0.4) is 0 Å². The molecule has 1 N–H and O–H groups in total. The first kappa shape index (κ1) is 11.7. The van der Waals surface area contributed by atoms with Crippen LogP contribution in [0, 0.1) is 16.0 Å². The Morgan fingerprint density at radius 2 is 2.00 bits per heavy atom. The Labute approximate surface area is 88.7 Å². The maximum Gasteiger partial charge on any atom is 0.272 e. The van der Waals surface area contributed by atoms with E-state index in [1.807, 2.05) is 13.8 Å². The van der Waals surface area contributed by atoms with Gasteiger partial charge < -0.3 is 5.11 Å². The van der Waals surface area contributed by atoms with Crippen LogP contribution in [-0.4, -0.2) is 16.6 Å². The van der Waals surface area contributed by atoms with Crippen molar-refractivity contribution in [2.75, 3.05) is 6.61 Å². The van der Waals surface area contributed by atoms with Crippen molar-refractivity contribution in [2.24, 2.45) is 5.92 Å². The molecule has 0 bridgehead atoms. The number of aliphatic hydroxyl groups is 1. The number of hydrogen-bond donors (Lipinski definition) is 1. The molecule has 0 spiro atoms. The minimum atomic E-state index is -0.402. The zero-order valence-corrected chi connectivity index (χ0v) is 8.88. The predicted octanol–water partition coefficient (Wildman–Crippen LogP) is 2.33. The summed E-state index contributed by atoms with van der Waals surface area (Å²) < 4.78 is 0. The Morgan fingerprint density at radius 3 is 2.47 bits per heavy atom. The fourth-order valence-corrected chi connectivity index (χ4v) is 1.64. The van der Waals surface area contributed by atoms with Crippen LogP contribution in [0.4, 0.5) is 5.69 Å². The van der Waals surface area contributed by atoms with Crippen molar-refractivity contribution in [1.82, 2.24) is 0 Å². The highest BCUT2D eigenvalue weighted by Gasteiger charge is 2.23. The monoisotopic (exact) mass is 209 g/mol. The first-order valence-electron chi connectivity index (χ1n) is 4.92. The van der Waals surface area contributed by atoms with Crippen molar-refractivity contribution in [3.63, 3.8) is 0 Å².